The monoisotopic (exact) mass is 402 g/mol. The van der Waals surface area contributed by atoms with Crippen LogP contribution in [0.15, 0.2) is 61.1 Å². The van der Waals surface area contributed by atoms with Crippen LogP contribution in [0, 0.1) is 0 Å². The Bertz CT molecular complexity index is 1060. The van der Waals surface area contributed by atoms with Gasteiger partial charge in [0.1, 0.15) is 11.6 Å². The number of hydrogen-bond donors (Lipinski definition) is 1. The second kappa shape index (κ2) is 7.33. The highest BCUT2D eigenvalue weighted by Crippen LogP contribution is 2.49. The largest absolute Gasteiger partial charge is 0.493 e. The number of carbonyl (C=O) groups excluding carboxylic acids is 1. The maximum atomic E-state index is 13.1. The van der Waals surface area contributed by atoms with Crippen LogP contribution in [-0.4, -0.2) is 36.1 Å². The van der Waals surface area contributed by atoms with E-state index in [4.69, 9.17) is 9.47 Å². The topological polar surface area (TPSA) is 76.6 Å². The molecule has 0 saturated carbocycles. The van der Waals surface area contributed by atoms with Gasteiger partial charge in [-0.05, 0) is 36.6 Å². The molecule has 1 N–H and O–H groups in total. The minimum Gasteiger partial charge on any atom is -0.493 e. The summed E-state index contributed by atoms with van der Waals surface area (Å²) in [6, 6.07) is 13.3. The second-order valence-electron chi connectivity index (χ2n) is 7.55. The highest BCUT2D eigenvalue weighted by molar-refractivity contribution is 6.07. The van der Waals surface area contributed by atoms with Crippen molar-refractivity contribution in [1.82, 2.24) is 9.97 Å². The Morgan fingerprint density at radius 2 is 1.87 bits per heavy atom. The molecular weight excluding hydrogens is 380 g/mol. The summed E-state index contributed by atoms with van der Waals surface area (Å²) >= 11 is 0. The molecule has 0 radical (unpaired) electrons. The lowest BCUT2D eigenvalue weighted by molar-refractivity contribution is -0.121. The van der Waals surface area contributed by atoms with Crippen LogP contribution < -0.4 is 19.7 Å². The number of amides is 1. The number of anilines is 2. The van der Waals surface area contributed by atoms with Crippen LogP contribution in [0.1, 0.15) is 18.4 Å². The molecular formula is C23H22N4O3. The quantitative estimate of drug-likeness (QED) is 0.716. The number of aromatic nitrogens is 2. The number of hydrogen-bond acceptors (Lipinski definition) is 6. The maximum absolute atomic E-state index is 13.1. The third kappa shape index (κ3) is 3.03. The predicted molar refractivity (Wildman–Crippen MR) is 113 cm³/mol. The summed E-state index contributed by atoms with van der Waals surface area (Å²) in [6.45, 7) is 1.46. The Morgan fingerprint density at radius 3 is 2.57 bits per heavy atom. The summed E-state index contributed by atoms with van der Waals surface area (Å²) < 4.78 is 11.6. The third-order valence-corrected chi connectivity index (χ3v) is 5.96. The van der Waals surface area contributed by atoms with Gasteiger partial charge in [0.15, 0.2) is 11.5 Å². The molecule has 7 heteroatoms. The van der Waals surface area contributed by atoms with Crippen molar-refractivity contribution >= 4 is 17.4 Å². The lowest BCUT2D eigenvalue weighted by Gasteiger charge is -2.38. The fourth-order valence-corrected chi connectivity index (χ4v) is 4.35. The van der Waals surface area contributed by atoms with Crippen molar-refractivity contribution < 1.29 is 14.3 Å². The SMILES string of the molecule is COc1cc2c(cc1Oc1ccccc1)NC(=O)C21CCN(c2cnccn2)CC1. The average Bonchev–Trinajstić information content (AvgIpc) is 3.05. The van der Waals surface area contributed by atoms with E-state index in [1.165, 1.54) is 0 Å². The third-order valence-electron chi connectivity index (χ3n) is 5.96. The van der Waals surface area contributed by atoms with Gasteiger partial charge >= 0.3 is 0 Å². The molecule has 0 bridgehead atoms. The summed E-state index contributed by atoms with van der Waals surface area (Å²) in [7, 11) is 1.62. The van der Waals surface area contributed by atoms with Gasteiger partial charge in [0.25, 0.3) is 0 Å². The van der Waals surface area contributed by atoms with E-state index in [1.807, 2.05) is 42.5 Å². The van der Waals surface area contributed by atoms with E-state index >= 15 is 0 Å². The zero-order valence-corrected chi connectivity index (χ0v) is 16.7. The van der Waals surface area contributed by atoms with Crippen molar-refractivity contribution in [2.45, 2.75) is 18.3 Å². The molecule has 2 aromatic carbocycles. The number of para-hydroxylation sites is 1. The zero-order chi connectivity index (χ0) is 20.6. The van der Waals surface area contributed by atoms with Crippen LogP contribution >= 0.6 is 0 Å². The first-order valence-corrected chi connectivity index (χ1v) is 9.97. The number of fused-ring (bicyclic) bond motifs is 2. The van der Waals surface area contributed by atoms with E-state index < -0.39 is 5.41 Å². The van der Waals surface area contributed by atoms with E-state index in [1.54, 1.807) is 25.7 Å². The Hall–Kier alpha value is -3.61. The van der Waals surface area contributed by atoms with Crippen molar-refractivity contribution in [3.05, 3.63) is 66.6 Å². The van der Waals surface area contributed by atoms with Gasteiger partial charge in [0, 0.05) is 37.2 Å². The molecule has 5 rings (SSSR count). The summed E-state index contributed by atoms with van der Waals surface area (Å²) in [6.07, 6.45) is 6.51. The molecule has 1 aromatic heterocycles. The molecule has 0 unspecified atom stereocenters. The van der Waals surface area contributed by atoms with Crippen molar-refractivity contribution in [1.29, 1.82) is 0 Å². The molecule has 0 aliphatic carbocycles. The highest BCUT2D eigenvalue weighted by atomic mass is 16.5. The number of piperidine rings is 1. The first kappa shape index (κ1) is 18.4. The Labute approximate surface area is 174 Å². The Kier molecular flexibility index (Phi) is 4.50. The fraction of sp³-hybridized carbons (Fsp3) is 0.261. The van der Waals surface area contributed by atoms with Gasteiger partial charge in [-0.15, -0.1) is 0 Å². The second-order valence-corrected chi connectivity index (χ2v) is 7.55. The molecule has 2 aliphatic rings. The standard InChI is InChI=1S/C23H22N4O3/c1-29-19-13-17-18(14-20(19)30-16-5-3-2-4-6-16)26-22(28)23(17)7-11-27(12-8-23)21-15-24-9-10-25-21/h2-6,9-10,13-15H,7-8,11-12H2,1H3,(H,26,28). The zero-order valence-electron chi connectivity index (χ0n) is 16.7. The minimum atomic E-state index is -0.563. The minimum absolute atomic E-state index is 0.0372. The molecule has 0 atom stereocenters. The normalized spacial score (nSPS) is 16.8. The Morgan fingerprint density at radius 1 is 1.07 bits per heavy atom. The number of rotatable bonds is 4. The number of ether oxygens (including phenoxy) is 2. The molecule has 30 heavy (non-hydrogen) atoms. The van der Waals surface area contributed by atoms with Gasteiger partial charge in [-0.1, -0.05) is 18.2 Å². The maximum Gasteiger partial charge on any atom is 0.235 e. The average molecular weight is 402 g/mol. The first-order valence-electron chi connectivity index (χ1n) is 9.97. The van der Waals surface area contributed by atoms with Gasteiger partial charge in [0.05, 0.1) is 18.7 Å². The van der Waals surface area contributed by atoms with Gasteiger partial charge in [-0.3, -0.25) is 9.78 Å². The number of benzene rings is 2. The number of nitrogens with one attached hydrogen (secondary N) is 1. The van der Waals surface area contributed by atoms with Crippen LogP contribution in [0.5, 0.6) is 17.2 Å². The van der Waals surface area contributed by atoms with Gasteiger partial charge in [-0.2, -0.15) is 0 Å². The van der Waals surface area contributed by atoms with Crippen molar-refractivity contribution in [3.8, 4) is 17.2 Å². The molecule has 1 saturated heterocycles. The molecule has 3 aromatic rings. The van der Waals surface area contributed by atoms with Crippen LogP contribution in [0.3, 0.4) is 0 Å². The summed E-state index contributed by atoms with van der Waals surface area (Å²) in [5.74, 6) is 2.79. The van der Waals surface area contributed by atoms with Crippen LogP contribution in [0.2, 0.25) is 0 Å². The number of carbonyl (C=O) groups is 1. The summed E-state index contributed by atoms with van der Waals surface area (Å²) in [4.78, 5) is 23.8. The van der Waals surface area contributed by atoms with Gasteiger partial charge in [0.2, 0.25) is 5.91 Å². The van der Waals surface area contributed by atoms with E-state index in [0.717, 1.165) is 30.2 Å². The summed E-state index contributed by atoms with van der Waals surface area (Å²) in [5.41, 5.74) is 1.20. The van der Waals surface area contributed by atoms with E-state index in [9.17, 15) is 4.79 Å². The number of nitrogens with zero attached hydrogens (tertiary/aromatic N) is 3. The van der Waals surface area contributed by atoms with Crippen molar-refractivity contribution in [3.63, 3.8) is 0 Å². The summed E-state index contributed by atoms with van der Waals surface area (Å²) in [5, 5.41) is 3.07. The van der Waals surface area contributed by atoms with E-state index in [-0.39, 0.29) is 5.91 Å². The van der Waals surface area contributed by atoms with Crippen LogP contribution in [0.25, 0.3) is 0 Å². The van der Waals surface area contributed by atoms with Crippen LogP contribution in [0.4, 0.5) is 11.5 Å². The molecule has 1 fully saturated rings. The fourth-order valence-electron chi connectivity index (χ4n) is 4.35. The Balaban J connectivity index is 1.44. The van der Waals surface area contributed by atoms with E-state index in [2.05, 4.69) is 20.2 Å². The smallest absolute Gasteiger partial charge is 0.235 e. The molecule has 152 valence electrons. The van der Waals surface area contributed by atoms with Crippen molar-refractivity contribution in [2.24, 2.45) is 0 Å². The first-order chi connectivity index (χ1) is 14.7. The van der Waals surface area contributed by atoms with Gasteiger partial charge in [-0.25, -0.2) is 4.98 Å². The molecule has 1 spiro atoms. The lowest BCUT2D eigenvalue weighted by Crippen LogP contribution is -2.46. The van der Waals surface area contributed by atoms with Gasteiger partial charge < -0.3 is 19.7 Å². The van der Waals surface area contributed by atoms with Crippen molar-refractivity contribution in [2.75, 3.05) is 30.4 Å². The lowest BCUT2D eigenvalue weighted by atomic mass is 9.73. The molecule has 3 heterocycles. The molecule has 7 nitrogen and oxygen atoms in total. The van der Waals surface area contributed by atoms with E-state index in [0.29, 0.717) is 30.1 Å². The van der Waals surface area contributed by atoms with Crippen LogP contribution in [-0.2, 0) is 10.2 Å². The highest BCUT2D eigenvalue weighted by Gasteiger charge is 2.49. The molecule has 1 amide bonds. The number of methoxy groups -OCH3 is 1. The predicted octanol–water partition coefficient (Wildman–Crippen LogP) is 3.77. The molecule has 2 aliphatic heterocycles.